The summed E-state index contributed by atoms with van der Waals surface area (Å²) in [4.78, 5) is 29.0. The van der Waals surface area contributed by atoms with Gasteiger partial charge in [-0.05, 0) is 29.6 Å². The zero-order valence-electron chi connectivity index (χ0n) is 15.2. The average molecular weight is 425 g/mol. The molecule has 2 amide bonds. The van der Waals surface area contributed by atoms with Gasteiger partial charge in [0.1, 0.15) is 11.6 Å². The molecular formula is C20H13F2N5O2S. The molecule has 0 atom stereocenters. The lowest BCUT2D eigenvalue weighted by Gasteiger charge is -2.07. The van der Waals surface area contributed by atoms with Crippen LogP contribution in [-0.2, 0) is 0 Å². The van der Waals surface area contributed by atoms with E-state index < -0.39 is 34.7 Å². The number of aromatic nitrogens is 3. The molecule has 10 heteroatoms. The van der Waals surface area contributed by atoms with Crippen LogP contribution < -0.4 is 11.1 Å². The first-order valence-corrected chi connectivity index (χ1v) is 9.48. The zero-order chi connectivity index (χ0) is 21.3. The van der Waals surface area contributed by atoms with Gasteiger partial charge >= 0.3 is 0 Å². The monoisotopic (exact) mass is 425 g/mol. The highest BCUT2D eigenvalue weighted by Gasteiger charge is 2.21. The highest BCUT2D eigenvalue weighted by atomic mass is 32.1. The van der Waals surface area contributed by atoms with Crippen molar-refractivity contribution >= 4 is 28.8 Å². The summed E-state index contributed by atoms with van der Waals surface area (Å²) in [7, 11) is 0. The Morgan fingerprint density at radius 1 is 1.03 bits per heavy atom. The highest BCUT2D eigenvalue weighted by Crippen LogP contribution is 2.26. The van der Waals surface area contributed by atoms with Crippen molar-refractivity contribution in [2.24, 2.45) is 5.73 Å². The van der Waals surface area contributed by atoms with Crippen molar-refractivity contribution in [3.63, 3.8) is 0 Å². The molecule has 0 radical (unpaired) electrons. The number of benzene rings is 2. The van der Waals surface area contributed by atoms with E-state index in [0.29, 0.717) is 17.6 Å². The molecule has 0 aliphatic heterocycles. The van der Waals surface area contributed by atoms with Crippen LogP contribution in [0.2, 0.25) is 0 Å². The largest absolute Gasteiger partial charge is 0.366 e. The lowest BCUT2D eigenvalue weighted by atomic mass is 10.1. The van der Waals surface area contributed by atoms with Crippen LogP contribution in [0.3, 0.4) is 0 Å². The summed E-state index contributed by atoms with van der Waals surface area (Å²) in [5.74, 6) is -3.90. The molecule has 7 nitrogen and oxygen atoms in total. The Hall–Kier alpha value is -3.92. The van der Waals surface area contributed by atoms with E-state index in [4.69, 9.17) is 5.73 Å². The molecule has 0 saturated heterocycles. The topological polar surface area (TPSA) is 103 Å². The molecule has 0 aliphatic rings. The standard InChI is InChI=1S/C20H13F2N5O2S/c21-13-10-14(22)15(9-12(13)17(23)28)24-20(29)18-25-19(16-7-4-8-30-16)27(26-18)11-5-2-1-3-6-11/h1-10H,(H2,23,28)(H,24,29). The molecule has 150 valence electrons. The van der Waals surface area contributed by atoms with Gasteiger partial charge in [0.25, 0.3) is 11.8 Å². The third-order valence-corrected chi connectivity index (χ3v) is 4.99. The number of carbonyl (C=O) groups excluding carboxylic acids is 2. The minimum absolute atomic E-state index is 0.230. The number of thiophene rings is 1. The van der Waals surface area contributed by atoms with Gasteiger partial charge in [0.15, 0.2) is 5.82 Å². The Labute approximate surface area is 172 Å². The lowest BCUT2D eigenvalue weighted by Crippen LogP contribution is -2.18. The molecule has 0 saturated carbocycles. The van der Waals surface area contributed by atoms with Gasteiger partial charge in [0.2, 0.25) is 5.82 Å². The maximum Gasteiger partial charge on any atom is 0.295 e. The molecule has 30 heavy (non-hydrogen) atoms. The van der Waals surface area contributed by atoms with E-state index in [1.807, 2.05) is 35.7 Å². The molecule has 2 aromatic carbocycles. The Morgan fingerprint density at radius 2 is 1.80 bits per heavy atom. The second-order valence-electron chi connectivity index (χ2n) is 6.11. The van der Waals surface area contributed by atoms with Gasteiger partial charge < -0.3 is 11.1 Å². The van der Waals surface area contributed by atoms with E-state index in [1.165, 1.54) is 16.0 Å². The van der Waals surface area contributed by atoms with E-state index in [0.717, 1.165) is 10.9 Å². The Kier molecular flexibility index (Phi) is 5.07. The van der Waals surface area contributed by atoms with Gasteiger partial charge in [-0.25, -0.2) is 18.4 Å². The number of amides is 2. The first kappa shape index (κ1) is 19.4. The number of para-hydroxylation sites is 1. The molecular weight excluding hydrogens is 412 g/mol. The predicted molar refractivity (Wildman–Crippen MR) is 108 cm³/mol. The lowest BCUT2D eigenvalue weighted by molar-refractivity contribution is 0.0991. The average Bonchev–Trinajstić information content (AvgIpc) is 3.40. The molecule has 2 heterocycles. The number of rotatable bonds is 5. The normalized spacial score (nSPS) is 10.7. The Morgan fingerprint density at radius 3 is 2.47 bits per heavy atom. The van der Waals surface area contributed by atoms with E-state index in [1.54, 1.807) is 12.1 Å². The summed E-state index contributed by atoms with van der Waals surface area (Å²) >= 11 is 1.42. The number of hydrogen-bond donors (Lipinski definition) is 2. The first-order valence-electron chi connectivity index (χ1n) is 8.60. The number of carbonyl (C=O) groups is 2. The molecule has 3 N–H and O–H groups in total. The van der Waals surface area contributed by atoms with Crippen LogP contribution in [0.1, 0.15) is 21.0 Å². The first-order chi connectivity index (χ1) is 14.4. The smallest absolute Gasteiger partial charge is 0.295 e. The van der Waals surface area contributed by atoms with Crippen molar-refractivity contribution in [2.75, 3.05) is 5.32 Å². The summed E-state index contributed by atoms with van der Waals surface area (Å²) < 4.78 is 29.3. The fourth-order valence-corrected chi connectivity index (χ4v) is 3.43. The second-order valence-corrected chi connectivity index (χ2v) is 7.06. The third kappa shape index (κ3) is 3.67. The maximum absolute atomic E-state index is 14.1. The van der Waals surface area contributed by atoms with Crippen LogP contribution in [0.25, 0.3) is 16.4 Å². The third-order valence-electron chi connectivity index (χ3n) is 4.12. The van der Waals surface area contributed by atoms with Crippen molar-refractivity contribution in [2.45, 2.75) is 0 Å². The molecule has 0 bridgehead atoms. The van der Waals surface area contributed by atoms with Crippen molar-refractivity contribution in [3.8, 4) is 16.4 Å². The van der Waals surface area contributed by atoms with Crippen LogP contribution in [0.15, 0.2) is 60.0 Å². The molecule has 0 fully saturated rings. The Bertz CT molecular complexity index is 1240. The van der Waals surface area contributed by atoms with E-state index in [9.17, 15) is 18.4 Å². The molecule has 0 aliphatic carbocycles. The van der Waals surface area contributed by atoms with Crippen molar-refractivity contribution in [1.29, 1.82) is 0 Å². The van der Waals surface area contributed by atoms with Crippen LogP contribution in [-0.4, -0.2) is 26.6 Å². The highest BCUT2D eigenvalue weighted by molar-refractivity contribution is 7.13. The van der Waals surface area contributed by atoms with E-state index in [2.05, 4.69) is 15.4 Å². The number of anilines is 1. The van der Waals surface area contributed by atoms with Crippen LogP contribution in [0, 0.1) is 11.6 Å². The number of halogens is 2. The summed E-state index contributed by atoms with van der Waals surface area (Å²) in [6.45, 7) is 0. The minimum Gasteiger partial charge on any atom is -0.366 e. The van der Waals surface area contributed by atoms with Crippen molar-refractivity contribution in [3.05, 3.63) is 83.0 Å². The number of hydrogen-bond acceptors (Lipinski definition) is 5. The van der Waals surface area contributed by atoms with Gasteiger partial charge in [-0.15, -0.1) is 16.4 Å². The second kappa shape index (κ2) is 7.84. The number of nitrogens with zero attached hydrogens (tertiary/aromatic N) is 3. The quantitative estimate of drug-likeness (QED) is 0.510. The number of primary amides is 1. The summed E-state index contributed by atoms with van der Waals surface area (Å²) in [6.07, 6.45) is 0. The van der Waals surface area contributed by atoms with Gasteiger partial charge in [-0.2, -0.15) is 0 Å². The predicted octanol–water partition coefficient (Wildman–Crippen LogP) is 3.63. The van der Waals surface area contributed by atoms with Gasteiger partial charge in [0, 0.05) is 6.07 Å². The van der Waals surface area contributed by atoms with E-state index in [-0.39, 0.29) is 5.82 Å². The van der Waals surface area contributed by atoms with Gasteiger partial charge in [0.05, 0.1) is 21.8 Å². The number of nitrogens with one attached hydrogen (secondary N) is 1. The zero-order valence-corrected chi connectivity index (χ0v) is 16.0. The summed E-state index contributed by atoms with van der Waals surface area (Å²) in [6, 6.07) is 14.0. The molecule has 2 aromatic heterocycles. The fourth-order valence-electron chi connectivity index (χ4n) is 2.73. The fraction of sp³-hybridized carbons (Fsp3) is 0. The van der Waals surface area contributed by atoms with Crippen molar-refractivity contribution < 1.29 is 18.4 Å². The van der Waals surface area contributed by atoms with E-state index >= 15 is 0 Å². The molecule has 0 spiro atoms. The maximum atomic E-state index is 14.1. The van der Waals surface area contributed by atoms with Crippen molar-refractivity contribution in [1.82, 2.24) is 14.8 Å². The van der Waals surface area contributed by atoms with Gasteiger partial charge in [-0.1, -0.05) is 24.3 Å². The van der Waals surface area contributed by atoms with Crippen LogP contribution in [0.5, 0.6) is 0 Å². The molecule has 0 unspecified atom stereocenters. The molecule has 4 rings (SSSR count). The number of nitrogens with two attached hydrogens (primary N) is 1. The minimum atomic E-state index is -1.12. The summed E-state index contributed by atoms with van der Waals surface area (Å²) in [5.41, 5.74) is 4.79. The SMILES string of the molecule is NC(=O)c1cc(NC(=O)c2nc(-c3cccs3)n(-c3ccccc3)n2)c(F)cc1F. The van der Waals surface area contributed by atoms with Crippen LogP contribution >= 0.6 is 11.3 Å². The van der Waals surface area contributed by atoms with Gasteiger partial charge in [-0.3, -0.25) is 9.59 Å². The Balaban J connectivity index is 1.72. The molecule has 4 aromatic rings. The van der Waals surface area contributed by atoms with Crippen LogP contribution in [0.4, 0.5) is 14.5 Å². The summed E-state index contributed by atoms with van der Waals surface area (Å²) in [5, 5.41) is 8.37.